The van der Waals surface area contributed by atoms with Gasteiger partial charge in [0.15, 0.2) is 11.1 Å². The molecule has 0 N–H and O–H groups in total. The number of ketones is 1. The second kappa shape index (κ2) is 9.74. The highest BCUT2D eigenvalue weighted by molar-refractivity contribution is 8.14. The zero-order valence-corrected chi connectivity index (χ0v) is 19.0. The van der Waals surface area contributed by atoms with Gasteiger partial charge in [0.05, 0.1) is 16.7 Å². The van der Waals surface area contributed by atoms with Crippen LogP contribution in [-0.4, -0.2) is 32.9 Å². The van der Waals surface area contributed by atoms with E-state index in [1.807, 2.05) is 24.3 Å². The Hall–Kier alpha value is -4.57. The van der Waals surface area contributed by atoms with Gasteiger partial charge in [-0.15, -0.1) is 0 Å². The first kappa shape index (κ1) is 22.2. The molecule has 0 saturated carbocycles. The van der Waals surface area contributed by atoms with Crippen LogP contribution >= 0.6 is 11.8 Å². The number of anilines is 1. The van der Waals surface area contributed by atoms with Gasteiger partial charge in [0, 0.05) is 24.5 Å². The number of aromatic nitrogens is 3. The standard InChI is InChI=1S/C25H17N5O4S/c31-21(22-24(33)34-28-30(22)19-9-5-2-6-10-19)16-35-25-27-20(15-17-11-13-26-14-12-17)23(32)29(25)18-7-3-1-4-8-18/h1-15H,16H2/b20-15+. The van der Waals surface area contributed by atoms with Crippen molar-refractivity contribution in [2.24, 2.45) is 4.99 Å². The SMILES string of the molecule is O=C(CSC1=N/C(=C/c2ccncc2)C(=O)N1c1ccccc1)c1c([O-])on[n+]1-c1ccccc1. The van der Waals surface area contributed by atoms with E-state index in [1.165, 1.54) is 9.58 Å². The summed E-state index contributed by atoms with van der Waals surface area (Å²) in [5.74, 6) is -1.81. The van der Waals surface area contributed by atoms with E-state index in [2.05, 4.69) is 15.2 Å². The number of aliphatic imine (C=N–C) groups is 1. The maximum absolute atomic E-state index is 13.2. The summed E-state index contributed by atoms with van der Waals surface area (Å²) in [6, 6.07) is 21.3. The number of amides is 1. The highest BCUT2D eigenvalue weighted by atomic mass is 32.2. The van der Waals surface area contributed by atoms with E-state index in [-0.39, 0.29) is 23.1 Å². The highest BCUT2D eigenvalue weighted by Crippen LogP contribution is 2.29. The lowest BCUT2D eigenvalue weighted by molar-refractivity contribution is -0.672. The molecule has 9 nitrogen and oxygen atoms in total. The van der Waals surface area contributed by atoms with Gasteiger partial charge < -0.3 is 9.63 Å². The van der Waals surface area contributed by atoms with Crippen molar-refractivity contribution in [2.75, 3.05) is 10.7 Å². The molecule has 1 aliphatic rings. The highest BCUT2D eigenvalue weighted by Gasteiger charge is 2.34. The maximum atomic E-state index is 13.2. The van der Waals surface area contributed by atoms with E-state index >= 15 is 0 Å². The number of carbonyl (C=O) groups excluding carboxylic acids is 2. The number of benzene rings is 2. The monoisotopic (exact) mass is 483 g/mol. The van der Waals surface area contributed by atoms with Crippen LogP contribution in [0.3, 0.4) is 0 Å². The Labute approximate surface area is 204 Å². The Balaban J connectivity index is 1.43. The van der Waals surface area contributed by atoms with E-state index in [0.717, 1.165) is 17.3 Å². The normalized spacial score (nSPS) is 14.4. The number of nitrogens with zero attached hydrogens (tertiary/aromatic N) is 5. The topological polar surface area (TPSA) is 116 Å². The van der Waals surface area contributed by atoms with E-state index in [9.17, 15) is 14.7 Å². The fraction of sp³-hybridized carbons (Fsp3) is 0.0400. The second-order valence-corrected chi connectivity index (χ2v) is 8.29. The number of amidine groups is 1. The smallest absolute Gasteiger partial charge is 0.307 e. The molecule has 172 valence electrons. The van der Waals surface area contributed by atoms with E-state index < -0.39 is 11.7 Å². The predicted octanol–water partition coefficient (Wildman–Crippen LogP) is 2.78. The van der Waals surface area contributed by atoms with Gasteiger partial charge in [0.1, 0.15) is 5.70 Å². The van der Waals surface area contributed by atoms with E-state index in [1.54, 1.807) is 67.0 Å². The average Bonchev–Trinajstić information content (AvgIpc) is 3.43. The third-order valence-corrected chi connectivity index (χ3v) is 6.00. The zero-order chi connectivity index (χ0) is 24.2. The van der Waals surface area contributed by atoms with E-state index in [4.69, 9.17) is 4.52 Å². The molecule has 0 fully saturated rings. The summed E-state index contributed by atoms with van der Waals surface area (Å²) in [7, 11) is 0. The molecule has 2 aromatic heterocycles. The molecule has 3 heterocycles. The van der Waals surface area contributed by atoms with Crippen molar-refractivity contribution in [2.45, 2.75) is 0 Å². The van der Waals surface area contributed by atoms with Crippen LogP contribution in [0.4, 0.5) is 5.69 Å². The predicted molar refractivity (Wildman–Crippen MR) is 128 cm³/mol. The van der Waals surface area contributed by atoms with Crippen LogP contribution in [0, 0.1) is 0 Å². The molecule has 1 amide bonds. The third kappa shape index (κ3) is 4.59. The Morgan fingerprint density at radius 3 is 2.43 bits per heavy atom. The van der Waals surface area contributed by atoms with Gasteiger partial charge in [-0.3, -0.25) is 19.5 Å². The number of pyridine rings is 1. The number of Topliss-reactive ketones (excluding diaryl/α,β-unsaturated/α-hetero) is 1. The van der Waals surface area contributed by atoms with Crippen molar-refractivity contribution in [1.82, 2.24) is 10.3 Å². The van der Waals surface area contributed by atoms with Crippen molar-refractivity contribution in [3.05, 3.63) is 102 Å². The third-order valence-electron chi connectivity index (χ3n) is 5.06. The van der Waals surface area contributed by atoms with Gasteiger partial charge in [-0.25, -0.2) is 4.99 Å². The Morgan fingerprint density at radius 1 is 1.03 bits per heavy atom. The molecule has 0 saturated heterocycles. The molecule has 0 atom stereocenters. The molecule has 4 aromatic rings. The second-order valence-electron chi connectivity index (χ2n) is 7.35. The van der Waals surface area contributed by atoms with Crippen LogP contribution in [-0.2, 0) is 4.79 Å². The lowest BCUT2D eigenvalue weighted by Gasteiger charge is -2.17. The lowest BCUT2D eigenvalue weighted by atomic mass is 10.2. The molecule has 2 aromatic carbocycles. The van der Waals surface area contributed by atoms with Crippen LogP contribution in [0.2, 0.25) is 0 Å². The molecule has 0 radical (unpaired) electrons. The summed E-state index contributed by atoms with van der Waals surface area (Å²) in [4.78, 5) is 36.2. The summed E-state index contributed by atoms with van der Waals surface area (Å²) in [5, 5.41) is 16.3. The van der Waals surface area contributed by atoms with Crippen LogP contribution in [0.15, 0.2) is 100 Å². The minimum Gasteiger partial charge on any atom is -0.539 e. The average molecular weight is 484 g/mol. The zero-order valence-electron chi connectivity index (χ0n) is 18.1. The van der Waals surface area contributed by atoms with E-state index in [0.29, 0.717) is 16.5 Å². The van der Waals surface area contributed by atoms with Crippen molar-refractivity contribution in [3.8, 4) is 11.6 Å². The summed E-state index contributed by atoms with van der Waals surface area (Å²) >= 11 is 1.05. The lowest BCUT2D eigenvalue weighted by Crippen LogP contribution is -2.39. The summed E-state index contributed by atoms with van der Waals surface area (Å²) < 4.78 is 5.93. The molecule has 0 aliphatic carbocycles. The van der Waals surface area contributed by atoms with Gasteiger partial charge in [-0.1, -0.05) is 48.2 Å². The van der Waals surface area contributed by atoms with Crippen molar-refractivity contribution < 1.29 is 23.9 Å². The number of hydrogen-bond donors (Lipinski definition) is 0. The molecule has 1 aliphatic heterocycles. The van der Waals surface area contributed by atoms with Gasteiger partial charge in [0.25, 0.3) is 5.91 Å². The first-order valence-electron chi connectivity index (χ1n) is 10.5. The van der Waals surface area contributed by atoms with Gasteiger partial charge in [-0.2, -0.15) is 0 Å². The molecular formula is C25H17N5O4S. The van der Waals surface area contributed by atoms with Crippen LogP contribution in [0.5, 0.6) is 5.95 Å². The number of thioether (sulfide) groups is 1. The Kier molecular flexibility index (Phi) is 6.18. The first-order valence-corrected chi connectivity index (χ1v) is 11.5. The van der Waals surface area contributed by atoms with Crippen LogP contribution in [0.1, 0.15) is 16.1 Å². The van der Waals surface area contributed by atoms with Crippen molar-refractivity contribution in [3.63, 3.8) is 0 Å². The van der Waals surface area contributed by atoms with Crippen molar-refractivity contribution in [1.29, 1.82) is 0 Å². The van der Waals surface area contributed by atoms with Crippen molar-refractivity contribution >= 4 is 40.4 Å². The molecule has 0 spiro atoms. The van der Waals surface area contributed by atoms with Gasteiger partial charge in [-0.05, 0) is 40.6 Å². The number of carbonyl (C=O) groups is 2. The summed E-state index contributed by atoms with van der Waals surface area (Å²) in [6.45, 7) is 0. The summed E-state index contributed by atoms with van der Waals surface area (Å²) in [5.41, 5.74) is 1.93. The van der Waals surface area contributed by atoms with Crippen LogP contribution in [0.25, 0.3) is 11.8 Å². The number of rotatable bonds is 6. The number of para-hydroxylation sites is 2. The molecule has 35 heavy (non-hydrogen) atoms. The Morgan fingerprint density at radius 2 is 1.71 bits per heavy atom. The molecule has 0 unspecified atom stereocenters. The van der Waals surface area contributed by atoms with Gasteiger partial charge >= 0.3 is 5.69 Å². The largest absolute Gasteiger partial charge is 0.539 e. The first-order chi connectivity index (χ1) is 17.1. The summed E-state index contributed by atoms with van der Waals surface area (Å²) in [6.07, 6.45) is 4.91. The number of hydrogen-bond acceptors (Lipinski definition) is 8. The fourth-order valence-corrected chi connectivity index (χ4v) is 4.32. The maximum Gasteiger partial charge on any atom is 0.307 e. The minimum absolute atomic E-state index is 0.152. The molecule has 10 heteroatoms. The minimum atomic E-state index is -0.831. The fourth-order valence-electron chi connectivity index (χ4n) is 3.44. The Bertz CT molecular complexity index is 1440. The molecule has 5 rings (SSSR count). The van der Waals surface area contributed by atoms with Gasteiger partial charge in [0.2, 0.25) is 11.5 Å². The molecule has 0 bridgehead atoms. The quantitative estimate of drug-likeness (QED) is 0.235. The molecular weight excluding hydrogens is 466 g/mol. The van der Waals surface area contributed by atoms with Crippen LogP contribution < -0.4 is 14.7 Å².